The van der Waals surface area contributed by atoms with Crippen LogP contribution in [-0.4, -0.2) is 22.3 Å². The molecule has 1 N–H and O–H groups in total. The molecule has 2 aromatic rings. The Kier molecular flexibility index (Phi) is 4.79. The van der Waals surface area contributed by atoms with Crippen molar-refractivity contribution in [1.82, 2.24) is 5.32 Å². The van der Waals surface area contributed by atoms with Gasteiger partial charge in [0.25, 0.3) is 17.3 Å². The van der Waals surface area contributed by atoms with Gasteiger partial charge in [-0.3, -0.25) is 25.0 Å². The Balaban J connectivity index is 2.10. The third-order valence-corrected chi connectivity index (χ3v) is 3.76. The molecule has 1 aromatic carbocycles. The zero-order valence-electron chi connectivity index (χ0n) is 11.2. The van der Waals surface area contributed by atoms with Gasteiger partial charge in [-0.2, -0.15) is 0 Å². The molecular formula is C13H11N3O5S. The molecule has 0 atom stereocenters. The number of hydrogen-bond donors (Lipinski definition) is 1. The summed E-state index contributed by atoms with van der Waals surface area (Å²) in [4.78, 5) is 33.1. The minimum Gasteiger partial charge on any atom is -0.352 e. The quantitative estimate of drug-likeness (QED) is 0.648. The standard InChI is InChI=1S/C13H11N3O5S/c17-13(14-4-3-12-2-1-5-22-12)9-6-10(15(18)19)8-11(7-9)16(20)21/h1-2,5-8H,3-4H2,(H,14,17). The summed E-state index contributed by atoms with van der Waals surface area (Å²) in [6.07, 6.45) is 0.625. The van der Waals surface area contributed by atoms with E-state index in [1.165, 1.54) is 0 Å². The van der Waals surface area contributed by atoms with Crippen molar-refractivity contribution in [3.63, 3.8) is 0 Å². The van der Waals surface area contributed by atoms with E-state index in [-0.39, 0.29) is 5.56 Å². The molecule has 0 spiro atoms. The van der Waals surface area contributed by atoms with E-state index in [1.807, 2.05) is 17.5 Å². The largest absolute Gasteiger partial charge is 0.352 e. The van der Waals surface area contributed by atoms with Gasteiger partial charge in [-0.05, 0) is 17.9 Å². The molecule has 9 heteroatoms. The van der Waals surface area contributed by atoms with Crippen molar-refractivity contribution in [2.24, 2.45) is 0 Å². The van der Waals surface area contributed by atoms with E-state index in [2.05, 4.69) is 5.32 Å². The first-order valence-electron chi connectivity index (χ1n) is 6.22. The van der Waals surface area contributed by atoms with Crippen LogP contribution in [0.2, 0.25) is 0 Å². The van der Waals surface area contributed by atoms with Crippen LogP contribution in [0.3, 0.4) is 0 Å². The number of rotatable bonds is 6. The monoisotopic (exact) mass is 321 g/mol. The van der Waals surface area contributed by atoms with E-state index < -0.39 is 27.1 Å². The van der Waals surface area contributed by atoms with E-state index in [0.29, 0.717) is 13.0 Å². The first kappa shape index (κ1) is 15.6. The number of nitro groups is 2. The lowest BCUT2D eigenvalue weighted by Gasteiger charge is -2.04. The maximum Gasteiger partial charge on any atom is 0.277 e. The number of nitrogens with zero attached hydrogens (tertiary/aromatic N) is 2. The fourth-order valence-electron chi connectivity index (χ4n) is 1.79. The number of amides is 1. The number of hydrogen-bond acceptors (Lipinski definition) is 6. The highest BCUT2D eigenvalue weighted by atomic mass is 32.1. The normalized spacial score (nSPS) is 10.2. The highest BCUT2D eigenvalue weighted by molar-refractivity contribution is 7.09. The number of carbonyl (C=O) groups excluding carboxylic acids is 1. The molecule has 114 valence electrons. The molecule has 22 heavy (non-hydrogen) atoms. The summed E-state index contributed by atoms with van der Waals surface area (Å²) in [6, 6.07) is 6.68. The molecule has 0 fully saturated rings. The van der Waals surface area contributed by atoms with Crippen LogP contribution in [0.25, 0.3) is 0 Å². The highest BCUT2D eigenvalue weighted by Crippen LogP contribution is 2.22. The topological polar surface area (TPSA) is 115 Å². The van der Waals surface area contributed by atoms with Gasteiger partial charge in [0.2, 0.25) is 0 Å². The minimum atomic E-state index is -0.768. The van der Waals surface area contributed by atoms with Crippen LogP contribution in [-0.2, 0) is 6.42 Å². The van der Waals surface area contributed by atoms with Crippen LogP contribution in [0.5, 0.6) is 0 Å². The maximum atomic E-state index is 12.0. The molecule has 0 radical (unpaired) electrons. The zero-order chi connectivity index (χ0) is 16.1. The first-order chi connectivity index (χ1) is 10.5. The molecule has 0 aliphatic heterocycles. The molecule has 0 bridgehead atoms. The molecule has 0 saturated carbocycles. The number of thiophene rings is 1. The van der Waals surface area contributed by atoms with Crippen molar-refractivity contribution >= 4 is 28.6 Å². The Morgan fingerprint density at radius 2 is 1.77 bits per heavy atom. The van der Waals surface area contributed by atoms with Crippen LogP contribution in [0.4, 0.5) is 11.4 Å². The molecule has 0 aliphatic carbocycles. The summed E-state index contributed by atoms with van der Waals surface area (Å²) < 4.78 is 0. The Morgan fingerprint density at radius 3 is 2.27 bits per heavy atom. The predicted octanol–water partition coefficient (Wildman–Crippen LogP) is 2.54. The van der Waals surface area contributed by atoms with E-state index in [9.17, 15) is 25.0 Å². The second kappa shape index (κ2) is 6.76. The highest BCUT2D eigenvalue weighted by Gasteiger charge is 2.19. The smallest absolute Gasteiger partial charge is 0.277 e. The lowest BCUT2D eigenvalue weighted by molar-refractivity contribution is -0.394. The molecule has 1 aromatic heterocycles. The third-order valence-electron chi connectivity index (χ3n) is 2.82. The minimum absolute atomic E-state index is 0.105. The van der Waals surface area contributed by atoms with Crippen molar-refractivity contribution in [3.8, 4) is 0 Å². The van der Waals surface area contributed by atoms with Gasteiger partial charge < -0.3 is 5.32 Å². The molecule has 1 heterocycles. The second-order valence-electron chi connectivity index (χ2n) is 4.34. The van der Waals surface area contributed by atoms with Crippen molar-refractivity contribution in [1.29, 1.82) is 0 Å². The van der Waals surface area contributed by atoms with Crippen molar-refractivity contribution < 1.29 is 14.6 Å². The maximum absolute atomic E-state index is 12.0. The summed E-state index contributed by atoms with van der Waals surface area (Å²) in [6.45, 7) is 0.343. The average molecular weight is 321 g/mol. The van der Waals surface area contributed by atoms with Crippen LogP contribution in [0.15, 0.2) is 35.7 Å². The number of nitrogens with one attached hydrogen (secondary N) is 1. The van der Waals surface area contributed by atoms with Gasteiger partial charge in [-0.1, -0.05) is 6.07 Å². The average Bonchev–Trinajstić information content (AvgIpc) is 2.99. The van der Waals surface area contributed by atoms with Crippen LogP contribution >= 0.6 is 11.3 Å². The molecule has 0 saturated heterocycles. The molecule has 0 aliphatic rings. The van der Waals surface area contributed by atoms with E-state index in [0.717, 1.165) is 23.1 Å². The van der Waals surface area contributed by atoms with Crippen molar-refractivity contribution in [3.05, 3.63) is 66.4 Å². The van der Waals surface area contributed by atoms with E-state index in [4.69, 9.17) is 0 Å². The fraction of sp³-hybridized carbons (Fsp3) is 0.154. The van der Waals surface area contributed by atoms with E-state index in [1.54, 1.807) is 11.3 Å². The first-order valence-corrected chi connectivity index (χ1v) is 7.10. The van der Waals surface area contributed by atoms with Gasteiger partial charge in [-0.15, -0.1) is 11.3 Å². The Labute approximate surface area is 128 Å². The number of nitro benzene ring substituents is 2. The van der Waals surface area contributed by atoms with Crippen LogP contribution in [0, 0.1) is 20.2 Å². The molecule has 8 nitrogen and oxygen atoms in total. The SMILES string of the molecule is O=C(NCCc1cccs1)c1cc([N+](=O)[O-])cc([N+](=O)[O-])c1. The van der Waals surface area contributed by atoms with Gasteiger partial charge >= 0.3 is 0 Å². The Hall–Kier alpha value is -2.81. The lowest BCUT2D eigenvalue weighted by Crippen LogP contribution is -2.25. The van der Waals surface area contributed by atoms with Crippen molar-refractivity contribution in [2.75, 3.05) is 6.54 Å². The number of carbonyl (C=O) groups is 1. The molecular weight excluding hydrogens is 310 g/mol. The van der Waals surface area contributed by atoms with Crippen LogP contribution in [0.1, 0.15) is 15.2 Å². The van der Waals surface area contributed by atoms with Gasteiger partial charge in [-0.25, -0.2) is 0 Å². The third kappa shape index (κ3) is 3.85. The van der Waals surface area contributed by atoms with Gasteiger partial charge in [0.05, 0.1) is 21.5 Å². The van der Waals surface area contributed by atoms with E-state index >= 15 is 0 Å². The lowest BCUT2D eigenvalue weighted by atomic mass is 10.1. The predicted molar refractivity (Wildman–Crippen MR) is 80.1 cm³/mol. The number of non-ortho nitro benzene ring substituents is 2. The summed E-state index contributed by atoms with van der Waals surface area (Å²) in [7, 11) is 0. The fourth-order valence-corrected chi connectivity index (χ4v) is 2.50. The Bertz CT molecular complexity index is 682. The molecule has 2 rings (SSSR count). The second-order valence-corrected chi connectivity index (χ2v) is 5.37. The summed E-state index contributed by atoms with van der Waals surface area (Å²) in [5, 5.41) is 26.1. The summed E-state index contributed by atoms with van der Waals surface area (Å²) in [5.41, 5.74) is -1.08. The molecule has 1 amide bonds. The van der Waals surface area contributed by atoms with Gasteiger partial charge in [0.15, 0.2) is 0 Å². The van der Waals surface area contributed by atoms with Gasteiger partial charge in [0.1, 0.15) is 0 Å². The van der Waals surface area contributed by atoms with Gasteiger partial charge in [0, 0.05) is 23.6 Å². The Morgan fingerprint density at radius 1 is 1.14 bits per heavy atom. The zero-order valence-corrected chi connectivity index (χ0v) is 12.0. The van der Waals surface area contributed by atoms with Crippen LogP contribution < -0.4 is 5.32 Å². The van der Waals surface area contributed by atoms with Crippen molar-refractivity contribution in [2.45, 2.75) is 6.42 Å². The summed E-state index contributed by atoms with van der Waals surface area (Å²) in [5.74, 6) is -0.580. The summed E-state index contributed by atoms with van der Waals surface area (Å²) >= 11 is 1.55. The molecule has 0 unspecified atom stereocenters. The number of benzene rings is 1.